The van der Waals surface area contributed by atoms with Crippen molar-refractivity contribution in [3.05, 3.63) is 52.0 Å². The second-order valence-electron chi connectivity index (χ2n) is 6.10. The number of rotatable bonds is 5. The number of piperidine rings is 1. The molecule has 28 heavy (non-hydrogen) atoms. The first-order valence-electron chi connectivity index (χ1n) is 8.44. The number of carbonyl (C=O) groups excluding carboxylic acids is 2. The fraction of sp³-hybridized carbons (Fsp3) is 0.278. The molecule has 1 fully saturated rings. The van der Waals surface area contributed by atoms with E-state index in [1.165, 1.54) is 29.0 Å². The minimum absolute atomic E-state index is 0. The van der Waals surface area contributed by atoms with Gasteiger partial charge < -0.3 is 10.2 Å². The largest absolute Gasteiger partial charge is 0.359 e. The van der Waals surface area contributed by atoms with Crippen molar-refractivity contribution in [1.29, 1.82) is 0 Å². The Bertz CT molecular complexity index is 834. The summed E-state index contributed by atoms with van der Waals surface area (Å²) in [6.07, 6.45) is 4.40. The highest BCUT2D eigenvalue weighted by Crippen LogP contribution is 2.22. The van der Waals surface area contributed by atoms with Crippen LogP contribution in [0.15, 0.2) is 35.7 Å². The summed E-state index contributed by atoms with van der Waals surface area (Å²) in [5.74, 6) is -0.579. The maximum Gasteiger partial charge on any atom is 0.267 e. The van der Waals surface area contributed by atoms with Gasteiger partial charge in [-0.2, -0.15) is 0 Å². The molecule has 150 valence electrons. The van der Waals surface area contributed by atoms with Crippen LogP contribution in [0.4, 0.5) is 5.13 Å². The van der Waals surface area contributed by atoms with Crippen LogP contribution < -0.4 is 10.8 Å². The summed E-state index contributed by atoms with van der Waals surface area (Å²) >= 11 is 7.32. The second-order valence-corrected chi connectivity index (χ2v) is 7.40. The summed E-state index contributed by atoms with van der Waals surface area (Å²) in [7, 11) is 0. The number of likely N-dealkylation sites (tertiary alicyclic amines) is 1. The SMILES string of the molecule is Cl.O=C(C=Cc1csc(NC2CCN(C(=O)c3ccc(Cl)cc3)CC2)n1)NO. The number of benzene rings is 1. The zero-order valence-electron chi connectivity index (χ0n) is 14.8. The molecule has 1 aliphatic rings. The zero-order valence-corrected chi connectivity index (χ0v) is 17.2. The first-order chi connectivity index (χ1) is 13.0. The van der Waals surface area contributed by atoms with E-state index in [0.29, 0.717) is 29.4 Å². The Labute approximate surface area is 177 Å². The first kappa shape index (κ1) is 22.2. The van der Waals surface area contributed by atoms with Crippen molar-refractivity contribution >= 4 is 58.4 Å². The highest BCUT2D eigenvalue weighted by atomic mass is 35.5. The molecule has 0 saturated carbocycles. The van der Waals surface area contributed by atoms with Crippen LogP contribution in [-0.2, 0) is 4.79 Å². The van der Waals surface area contributed by atoms with Crippen LogP contribution in [0, 0.1) is 0 Å². The number of aromatic nitrogens is 1. The maximum absolute atomic E-state index is 12.5. The van der Waals surface area contributed by atoms with E-state index in [2.05, 4.69) is 10.3 Å². The quantitative estimate of drug-likeness (QED) is 0.374. The van der Waals surface area contributed by atoms with Gasteiger partial charge in [0.1, 0.15) is 0 Å². The Morgan fingerprint density at radius 2 is 1.93 bits per heavy atom. The standard InChI is InChI=1S/C18H19ClN4O3S.ClH/c19-13-3-1-12(2-4-13)17(25)23-9-7-14(8-10-23)20-18-21-15(11-27-18)5-6-16(24)22-26;/h1-6,11,14,26H,7-10H2,(H,20,21)(H,22,24);1H. The first-order valence-corrected chi connectivity index (χ1v) is 9.70. The molecule has 3 rings (SSSR count). The van der Waals surface area contributed by atoms with Crippen molar-refractivity contribution in [2.45, 2.75) is 18.9 Å². The van der Waals surface area contributed by atoms with E-state index in [1.54, 1.807) is 24.3 Å². The lowest BCUT2D eigenvalue weighted by Crippen LogP contribution is -2.42. The monoisotopic (exact) mass is 442 g/mol. The van der Waals surface area contributed by atoms with E-state index in [9.17, 15) is 9.59 Å². The molecule has 2 amide bonds. The van der Waals surface area contributed by atoms with E-state index >= 15 is 0 Å². The Morgan fingerprint density at radius 1 is 1.25 bits per heavy atom. The number of hydrogen-bond donors (Lipinski definition) is 3. The summed E-state index contributed by atoms with van der Waals surface area (Å²) in [5, 5.41) is 15.0. The van der Waals surface area contributed by atoms with Gasteiger partial charge in [-0.1, -0.05) is 11.6 Å². The normalized spacial score (nSPS) is 14.6. The molecule has 3 N–H and O–H groups in total. The van der Waals surface area contributed by atoms with E-state index in [4.69, 9.17) is 16.8 Å². The van der Waals surface area contributed by atoms with Crippen molar-refractivity contribution in [3.8, 4) is 0 Å². The summed E-state index contributed by atoms with van der Waals surface area (Å²) in [4.78, 5) is 29.8. The Balaban J connectivity index is 0.00000280. The van der Waals surface area contributed by atoms with Crippen LogP contribution in [-0.4, -0.2) is 46.0 Å². The summed E-state index contributed by atoms with van der Waals surface area (Å²) in [6.45, 7) is 1.35. The predicted molar refractivity (Wildman–Crippen MR) is 112 cm³/mol. The molecule has 0 aliphatic carbocycles. The fourth-order valence-corrected chi connectivity index (χ4v) is 3.69. The molecule has 1 aliphatic heterocycles. The number of hydroxylamine groups is 1. The van der Waals surface area contributed by atoms with E-state index < -0.39 is 5.91 Å². The lowest BCUT2D eigenvalue weighted by atomic mass is 10.0. The lowest BCUT2D eigenvalue weighted by molar-refractivity contribution is -0.124. The molecule has 10 heteroatoms. The van der Waals surface area contributed by atoms with Gasteiger partial charge in [0.25, 0.3) is 11.8 Å². The molecular formula is C18H20Cl2N4O3S. The van der Waals surface area contributed by atoms with Crippen LogP contribution in [0.3, 0.4) is 0 Å². The van der Waals surface area contributed by atoms with Crippen molar-refractivity contribution in [1.82, 2.24) is 15.4 Å². The summed E-state index contributed by atoms with van der Waals surface area (Å²) in [5.41, 5.74) is 2.82. The molecule has 0 radical (unpaired) electrons. The number of nitrogens with one attached hydrogen (secondary N) is 2. The number of carbonyl (C=O) groups is 2. The Kier molecular flexibility index (Phi) is 8.25. The van der Waals surface area contributed by atoms with Gasteiger partial charge in [-0.3, -0.25) is 14.8 Å². The van der Waals surface area contributed by atoms with Gasteiger partial charge in [0, 0.05) is 41.2 Å². The molecule has 0 spiro atoms. The molecule has 1 aromatic carbocycles. The molecule has 2 aromatic rings. The van der Waals surface area contributed by atoms with Gasteiger partial charge in [0.2, 0.25) is 0 Å². The van der Waals surface area contributed by atoms with Crippen molar-refractivity contribution in [3.63, 3.8) is 0 Å². The third-order valence-corrected chi connectivity index (χ3v) is 5.28. The van der Waals surface area contributed by atoms with Crippen LogP contribution in [0.25, 0.3) is 6.08 Å². The topological polar surface area (TPSA) is 94.6 Å². The Morgan fingerprint density at radius 3 is 2.57 bits per heavy atom. The maximum atomic E-state index is 12.5. The molecule has 0 unspecified atom stereocenters. The average molecular weight is 443 g/mol. The van der Waals surface area contributed by atoms with Crippen LogP contribution in [0.5, 0.6) is 0 Å². The molecule has 1 aromatic heterocycles. The van der Waals surface area contributed by atoms with E-state index in [-0.39, 0.29) is 24.4 Å². The van der Waals surface area contributed by atoms with E-state index in [1.807, 2.05) is 10.3 Å². The van der Waals surface area contributed by atoms with Gasteiger partial charge in [-0.05, 0) is 43.2 Å². The molecule has 0 atom stereocenters. The minimum atomic E-state index is -0.602. The molecular weight excluding hydrogens is 423 g/mol. The van der Waals surface area contributed by atoms with Crippen LogP contribution in [0.2, 0.25) is 5.02 Å². The number of amides is 2. The molecule has 0 bridgehead atoms. The molecule has 2 heterocycles. The lowest BCUT2D eigenvalue weighted by Gasteiger charge is -2.32. The molecule has 7 nitrogen and oxygen atoms in total. The summed E-state index contributed by atoms with van der Waals surface area (Å²) in [6, 6.07) is 7.18. The third kappa shape index (κ3) is 5.93. The Hall–Kier alpha value is -2.13. The van der Waals surface area contributed by atoms with Gasteiger partial charge in [0.05, 0.1) is 5.69 Å². The van der Waals surface area contributed by atoms with Gasteiger partial charge in [0.15, 0.2) is 5.13 Å². The fourth-order valence-electron chi connectivity index (χ4n) is 2.80. The predicted octanol–water partition coefficient (Wildman–Crippen LogP) is 3.45. The third-order valence-electron chi connectivity index (χ3n) is 4.24. The highest BCUT2D eigenvalue weighted by Gasteiger charge is 2.24. The number of halogens is 2. The van der Waals surface area contributed by atoms with Crippen molar-refractivity contribution in [2.24, 2.45) is 0 Å². The second kappa shape index (κ2) is 10.4. The smallest absolute Gasteiger partial charge is 0.267 e. The highest BCUT2D eigenvalue weighted by molar-refractivity contribution is 7.13. The molecule has 1 saturated heterocycles. The zero-order chi connectivity index (χ0) is 19.2. The minimum Gasteiger partial charge on any atom is -0.359 e. The van der Waals surface area contributed by atoms with Gasteiger partial charge in [-0.25, -0.2) is 10.5 Å². The van der Waals surface area contributed by atoms with Crippen LogP contribution >= 0.6 is 35.3 Å². The number of thiazole rings is 1. The number of hydrogen-bond acceptors (Lipinski definition) is 6. The van der Waals surface area contributed by atoms with Gasteiger partial charge >= 0.3 is 0 Å². The average Bonchev–Trinajstić information content (AvgIpc) is 3.14. The van der Waals surface area contributed by atoms with Crippen molar-refractivity contribution in [2.75, 3.05) is 18.4 Å². The summed E-state index contributed by atoms with van der Waals surface area (Å²) < 4.78 is 0. The number of nitrogens with zero attached hydrogens (tertiary/aromatic N) is 2. The van der Waals surface area contributed by atoms with Gasteiger partial charge in [-0.15, -0.1) is 23.7 Å². The number of anilines is 1. The van der Waals surface area contributed by atoms with E-state index in [0.717, 1.165) is 18.0 Å². The van der Waals surface area contributed by atoms with Crippen LogP contribution in [0.1, 0.15) is 28.9 Å². The van der Waals surface area contributed by atoms with Crippen molar-refractivity contribution < 1.29 is 14.8 Å².